The molecule has 2 heteroatoms. The molecular formula is C22H37NO. The summed E-state index contributed by atoms with van der Waals surface area (Å²) in [5.74, 6) is 1.47. The lowest BCUT2D eigenvalue weighted by atomic mass is 9.84. The van der Waals surface area contributed by atoms with Gasteiger partial charge in [0.1, 0.15) is 0 Å². The van der Waals surface area contributed by atoms with Crippen molar-refractivity contribution in [2.45, 2.75) is 80.2 Å². The third-order valence-corrected chi connectivity index (χ3v) is 5.59. The number of ketones is 1. The van der Waals surface area contributed by atoms with E-state index >= 15 is 0 Å². The van der Waals surface area contributed by atoms with E-state index in [1.165, 1.54) is 6.42 Å². The first-order valence-corrected chi connectivity index (χ1v) is 9.35. The fraction of sp³-hybridized carbons (Fsp3) is 0.727. The predicted octanol–water partition coefficient (Wildman–Crippen LogP) is 5.66. The lowest BCUT2D eigenvalue weighted by molar-refractivity contribution is -0.118. The van der Waals surface area contributed by atoms with E-state index in [0.29, 0.717) is 11.3 Å². The number of carbonyl (C=O) groups is 1. The standard InChI is InChI=1S/C22H37NO/c1-10-16(11-2)23-19(14-21(5,6)7)20(24)15(4)13-18-17(12-3)22(18,8)9/h17-19,23H,1,4,11-14H2,2-3,5-9H3/t17-,18+,19?/m0/s1. The maximum absolute atomic E-state index is 13.0. The molecule has 2 nitrogen and oxygen atoms in total. The molecule has 1 N–H and O–H groups in total. The highest BCUT2D eigenvalue weighted by Crippen LogP contribution is 2.62. The first kappa shape index (κ1) is 20.8. The third kappa shape index (κ3) is 5.11. The first-order chi connectivity index (χ1) is 11.0. The van der Waals surface area contributed by atoms with Crippen LogP contribution >= 0.6 is 0 Å². The van der Waals surface area contributed by atoms with Crippen molar-refractivity contribution in [3.8, 4) is 0 Å². The monoisotopic (exact) mass is 331 g/mol. The van der Waals surface area contributed by atoms with Gasteiger partial charge in [-0.1, -0.05) is 68.0 Å². The van der Waals surface area contributed by atoms with Crippen LogP contribution in [0.4, 0.5) is 0 Å². The Labute approximate surface area is 149 Å². The van der Waals surface area contributed by atoms with Gasteiger partial charge in [-0.25, -0.2) is 0 Å². The number of nitrogens with one attached hydrogen (secondary N) is 1. The summed E-state index contributed by atoms with van der Waals surface area (Å²) in [5, 5.41) is 3.36. The Morgan fingerprint density at radius 2 is 1.83 bits per heavy atom. The summed E-state index contributed by atoms with van der Waals surface area (Å²) in [4.78, 5) is 13.0. The van der Waals surface area contributed by atoms with E-state index in [1.807, 2.05) is 6.92 Å². The van der Waals surface area contributed by atoms with E-state index in [-0.39, 0.29) is 17.2 Å². The van der Waals surface area contributed by atoms with Crippen molar-refractivity contribution >= 4 is 5.78 Å². The molecule has 0 radical (unpaired) electrons. The Morgan fingerprint density at radius 3 is 2.21 bits per heavy atom. The van der Waals surface area contributed by atoms with Crippen LogP contribution < -0.4 is 5.32 Å². The summed E-state index contributed by atoms with van der Waals surface area (Å²) in [6.45, 7) is 23.3. The molecule has 3 atom stereocenters. The Hall–Kier alpha value is -1.27. The van der Waals surface area contributed by atoms with E-state index in [4.69, 9.17) is 0 Å². The summed E-state index contributed by atoms with van der Waals surface area (Å²) >= 11 is 0. The topological polar surface area (TPSA) is 29.1 Å². The van der Waals surface area contributed by atoms with Gasteiger partial charge in [0.25, 0.3) is 0 Å². The molecule has 136 valence electrons. The highest BCUT2D eigenvalue weighted by Gasteiger charge is 2.56. The van der Waals surface area contributed by atoms with Crippen LogP contribution in [0.3, 0.4) is 0 Å². The predicted molar refractivity (Wildman–Crippen MR) is 104 cm³/mol. The second-order valence-electron chi connectivity index (χ2n) is 9.09. The Morgan fingerprint density at radius 1 is 1.25 bits per heavy atom. The molecule has 24 heavy (non-hydrogen) atoms. The van der Waals surface area contributed by atoms with Crippen molar-refractivity contribution in [3.63, 3.8) is 0 Å². The van der Waals surface area contributed by atoms with E-state index in [1.54, 1.807) is 0 Å². The fourth-order valence-electron chi connectivity index (χ4n) is 4.00. The van der Waals surface area contributed by atoms with Crippen LogP contribution in [-0.2, 0) is 4.79 Å². The van der Waals surface area contributed by atoms with Crippen LogP contribution in [0.5, 0.6) is 0 Å². The normalized spacial score (nSPS) is 23.1. The molecule has 1 unspecified atom stereocenters. The van der Waals surface area contributed by atoms with E-state index < -0.39 is 0 Å². The Bertz CT molecular complexity index is 529. The van der Waals surface area contributed by atoms with Crippen LogP contribution in [0.15, 0.2) is 30.2 Å². The highest BCUT2D eigenvalue weighted by molar-refractivity contribution is 5.99. The smallest absolute Gasteiger partial charge is 0.180 e. The van der Waals surface area contributed by atoms with Gasteiger partial charge in [-0.2, -0.15) is 0 Å². The van der Waals surface area contributed by atoms with Gasteiger partial charge >= 0.3 is 0 Å². The molecule has 0 aliphatic heterocycles. The summed E-state index contributed by atoms with van der Waals surface area (Å²) in [5.41, 5.74) is 5.01. The molecule has 0 saturated heterocycles. The number of Topliss-reactive ketones (excluding diaryl/α,β-unsaturated/α-hetero) is 1. The molecule has 1 fully saturated rings. The van der Waals surface area contributed by atoms with E-state index in [2.05, 4.69) is 65.7 Å². The SMILES string of the molecule is C=C=C(CC)NC(CC(C)(C)C)C(=O)C(=C)C[C@@H]1[C@H](CC)C1(C)C. The molecular weight excluding hydrogens is 294 g/mol. The average molecular weight is 332 g/mol. The number of hydrogen-bond donors (Lipinski definition) is 1. The van der Waals surface area contributed by atoms with Gasteiger partial charge in [0.15, 0.2) is 5.78 Å². The summed E-state index contributed by atoms with van der Waals surface area (Å²) in [7, 11) is 0. The largest absolute Gasteiger partial charge is 0.372 e. The maximum Gasteiger partial charge on any atom is 0.180 e. The van der Waals surface area contributed by atoms with Gasteiger partial charge in [0, 0.05) is 0 Å². The third-order valence-electron chi connectivity index (χ3n) is 5.59. The van der Waals surface area contributed by atoms with Gasteiger partial charge in [0.05, 0.1) is 11.7 Å². The maximum atomic E-state index is 13.0. The van der Waals surface area contributed by atoms with Crippen LogP contribution in [-0.4, -0.2) is 11.8 Å². The van der Waals surface area contributed by atoms with E-state index in [0.717, 1.165) is 36.5 Å². The Balaban J connectivity index is 2.83. The van der Waals surface area contributed by atoms with Crippen molar-refractivity contribution in [1.82, 2.24) is 5.32 Å². The molecule has 0 spiro atoms. The molecule has 0 aromatic heterocycles. The summed E-state index contributed by atoms with van der Waals surface area (Å²) < 4.78 is 0. The molecule has 1 saturated carbocycles. The zero-order valence-electron chi connectivity index (χ0n) is 16.9. The van der Waals surface area contributed by atoms with Crippen molar-refractivity contribution in [3.05, 3.63) is 30.2 Å². The van der Waals surface area contributed by atoms with Crippen LogP contribution in [0.1, 0.15) is 74.1 Å². The second-order valence-corrected chi connectivity index (χ2v) is 9.09. The Kier molecular flexibility index (Phi) is 6.70. The van der Waals surface area contributed by atoms with Crippen LogP contribution in [0.25, 0.3) is 0 Å². The van der Waals surface area contributed by atoms with Gasteiger partial charge < -0.3 is 5.32 Å². The molecule has 1 aliphatic carbocycles. The molecule has 0 aromatic rings. The lowest BCUT2D eigenvalue weighted by Gasteiger charge is -2.27. The first-order valence-electron chi connectivity index (χ1n) is 9.35. The van der Waals surface area contributed by atoms with Crippen molar-refractivity contribution < 1.29 is 4.79 Å². The molecule has 0 amide bonds. The number of rotatable bonds is 9. The molecule has 0 aromatic carbocycles. The minimum atomic E-state index is -0.233. The summed E-state index contributed by atoms with van der Waals surface area (Å²) in [6.07, 6.45) is 3.59. The van der Waals surface area contributed by atoms with Gasteiger partial charge in [-0.05, 0) is 47.5 Å². The molecule has 0 heterocycles. The number of carbonyl (C=O) groups excluding carboxylic acids is 1. The van der Waals surface area contributed by atoms with Gasteiger partial charge in [0.2, 0.25) is 0 Å². The van der Waals surface area contributed by atoms with Crippen molar-refractivity contribution in [2.75, 3.05) is 0 Å². The molecule has 1 rings (SSSR count). The van der Waals surface area contributed by atoms with Crippen LogP contribution in [0, 0.1) is 22.7 Å². The molecule has 0 bridgehead atoms. The second kappa shape index (κ2) is 7.74. The molecule has 1 aliphatic rings. The number of hydrogen-bond acceptors (Lipinski definition) is 2. The van der Waals surface area contributed by atoms with Crippen molar-refractivity contribution in [1.29, 1.82) is 0 Å². The van der Waals surface area contributed by atoms with Gasteiger partial charge in [-0.15, -0.1) is 5.73 Å². The minimum absolute atomic E-state index is 0.0679. The van der Waals surface area contributed by atoms with E-state index in [9.17, 15) is 4.79 Å². The van der Waals surface area contributed by atoms with Crippen LogP contribution in [0.2, 0.25) is 0 Å². The highest BCUT2D eigenvalue weighted by atomic mass is 16.1. The number of allylic oxidation sites excluding steroid dienone is 1. The minimum Gasteiger partial charge on any atom is -0.372 e. The zero-order valence-corrected chi connectivity index (χ0v) is 16.9. The van der Waals surface area contributed by atoms with Crippen molar-refractivity contribution in [2.24, 2.45) is 22.7 Å². The average Bonchev–Trinajstić information content (AvgIpc) is 3.00. The lowest BCUT2D eigenvalue weighted by Crippen LogP contribution is -2.39. The quantitative estimate of drug-likeness (QED) is 0.436. The summed E-state index contributed by atoms with van der Waals surface area (Å²) in [6, 6.07) is -0.233. The fourth-order valence-corrected chi connectivity index (χ4v) is 4.00. The zero-order chi connectivity index (χ0) is 18.7. The van der Waals surface area contributed by atoms with Gasteiger partial charge in [-0.3, -0.25) is 4.79 Å².